The van der Waals surface area contributed by atoms with Crippen molar-refractivity contribution in [2.75, 3.05) is 26.2 Å². The Morgan fingerprint density at radius 1 is 0.921 bits per heavy atom. The van der Waals surface area contributed by atoms with Gasteiger partial charge in [-0.3, -0.25) is 9.69 Å². The number of carbonyl (C=O) groups excluding carboxylic acids is 1. The number of fused-ring (bicyclic) bond motifs is 1. The Hall–Kier alpha value is -3.01. The predicted molar refractivity (Wildman–Crippen MR) is 132 cm³/mol. The lowest BCUT2D eigenvalue weighted by molar-refractivity contribution is -0.142. The summed E-state index contributed by atoms with van der Waals surface area (Å²) in [5, 5.41) is 3.91. The Labute approximate surface area is 217 Å². The fourth-order valence-electron chi connectivity index (χ4n) is 8.09. The average molecular weight is 528 g/mol. The first-order chi connectivity index (χ1) is 18.2. The Morgan fingerprint density at radius 2 is 1.53 bits per heavy atom. The van der Waals surface area contributed by atoms with Gasteiger partial charge in [0, 0.05) is 37.3 Å². The lowest BCUT2D eigenvalue weighted by atomic mass is 9.52. The standard InChI is InChI=1S/C28H29F4N5O/c29-21-3-1-20(2-4-21)23-12-24(28(30,31)32)37-25(34-23)22(16-33-37)26(38)35-5-7-36(8-6-35)27-13-17-9-18(14-27)11-19(10-17)15-27/h1-4,12,16-19H,5-11,13-15H2. The molecule has 2 aromatic heterocycles. The molecule has 0 atom stereocenters. The summed E-state index contributed by atoms with van der Waals surface area (Å²) in [6, 6.07) is 5.96. The molecule has 1 aliphatic heterocycles. The first-order valence-corrected chi connectivity index (χ1v) is 13.4. The molecule has 4 aliphatic carbocycles. The van der Waals surface area contributed by atoms with E-state index in [0.717, 1.165) is 36.9 Å². The Kier molecular flexibility index (Phi) is 5.38. The molecule has 6 nitrogen and oxygen atoms in total. The highest BCUT2D eigenvalue weighted by Crippen LogP contribution is 2.57. The minimum atomic E-state index is -4.72. The average Bonchev–Trinajstić information content (AvgIpc) is 3.31. The van der Waals surface area contributed by atoms with Crippen LogP contribution in [0.15, 0.2) is 36.5 Å². The van der Waals surface area contributed by atoms with Gasteiger partial charge >= 0.3 is 6.18 Å². The maximum absolute atomic E-state index is 13.9. The van der Waals surface area contributed by atoms with Gasteiger partial charge in [-0.05, 0) is 86.6 Å². The molecule has 0 unspecified atom stereocenters. The van der Waals surface area contributed by atoms with E-state index in [2.05, 4.69) is 15.0 Å². The molecule has 4 saturated carbocycles. The number of hydrogen-bond acceptors (Lipinski definition) is 4. The van der Waals surface area contributed by atoms with Gasteiger partial charge in [0.05, 0.1) is 11.9 Å². The number of aromatic nitrogens is 3. The maximum atomic E-state index is 13.9. The summed E-state index contributed by atoms with van der Waals surface area (Å²) in [7, 11) is 0. The summed E-state index contributed by atoms with van der Waals surface area (Å²) < 4.78 is 55.9. The zero-order chi connectivity index (χ0) is 26.2. The summed E-state index contributed by atoms with van der Waals surface area (Å²) in [5.41, 5.74) is -0.543. The molecule has 0 N–H and O–H groups in total. The van der Waals surface area contributed by atoms with Crippen LogP contribution in [-0.2, 0) is 6.18 Å². The van der Waals surface area contributed by atoms with Gasteiger partial charge in [-0.1, -0.05) is 0 Å². The van der Waals surface area contributed by atoms with Crippen molar-refractivity contribution in [2.24, 2.45) is 17.8 Å². The van der Waals surface area contributed by atoms with Crippen LogP contribution in [0.3, 0.4) is 0 Å². The van der Waals surface area contributed by atoms with E-state index in [4.69, 9.17) is 0 Å². The van der Waals surface area contributed by atoms with Crippen molar-refractivity contribution in [3.05, 3.63) is 53.6 Å². The number of carbonyl (C=O) groups is 1. The van der Waals surface area contributed by atoms with Gasteiger partial charge in [0.15, 0.2) is 11.3 Å². The fraction of sp³-hybridized carbons (Fsp3) is 0.536. The molecule has 5 aliphatic rings. The van der Waals surface area contributed by atoms with Crippen LogP contribution in [-0.4, -0.2) is 62.0 Å². The van der Waals surface area contributed by atoms with Crippen LogP contribution in [0.1, 0.15) is 54.6 Å². The van der Waals surface area contributed by atoms with Crippen LogP contribution in [0.2, 0.25) is 0 Å². The molecular formula is C28H29F4N5O. The number of nitrogens with zero attached hydrogens (tertiary/aromatic N) is 5. The highest BCUT2D eigenvalue weighted by molar-refractivity contribution is 6.00. The molecule has 0 radical (unpaired) electrons. The Bertz CT molecular complexity index is 1360. The second kappa shape index (κ2) is 8.49. The predicted octanol–water partition coefficient (Wildman–Crippen LogP) is 5.28. The number of piperazine rings is 1. The molecule has 1 saturated heterocycles. The topological polar surface area (TPSA) is 53.7 Å². The first-order valence-electron chi connectivity index (χ1n) is 13.4. The third-order valence-corrected chi connectivity index (χ3v) is 9.38. The van der Waals surface area contributed by atoms with Gasteiger partial charge in [-0.15, -0.1) is 0 Å². The number of alkyl halides is 3. The van der Waals surface area contributed by atoms with Crippen LogP contribution in [0, 0.1) is 23.6 Å². The molecular weight excluding hydrogens is 498 g/mol. The second-order valence-corrected chi connectivity index (χ2v) is 11.7. The number of hydrogen-bond donors (Lipinski definition) is 0. The van der Waals surface area contributed by atoms with Gasteiger partial charge in [0.25, 0.3) is 5.91 Å². The lowest BCUT2D eigenvalue weighted by Gasteiger charge is -2.61. The number of amides is 1. The second-order valence-electron chi connectivity index (χ2n) is 11.7. The Balaban J connectivity index is 1.16. The quantitative estimate of drug-likeness (QED) is 0.435. The smallest absolute Gasteiger partial charge is 0.336 e. The highest BCUT2D eigenvalue weighted by Gasteiger charge is 2.53. The van der Waals surface area contributed by atoms with Crippen LogP contribution < -0.4 is 0 Å². The van der Waals surface area contributed by atoms with Crippen molar-refractivity contribution in [2.45, 2.75) is 50.2 Å². The molecule has 0 spiro atoms. The minimum absolute atomic E-state index is 0.00557. The van der Waals surface area contributed by atoms with Crippen molar-refractivity contribution < 1.29 is 22.4 Å². The van der Waals surface area contributed by atoms with Crippen molar-refractivity contribution in [1.82, 2.24) is 24.4 Å². The zero-order valence-electron chi connectivity index (χ0n) is 20.9. The SMILES string of the molecule is O=C(c1cnn2c(C(F)(F)F)cc(-c3ccc(F)cc3)nc12)N1CCN(C23CC4CC(CC(C4)C2)C3)CC1. The highest BCUT2D eigenvalue weighted by atomic mass is 19.4. The minimum Gasteiger partial charge on any atom is -0.336 e. The van der Waals surface area contributed by atoms with Gasteiger partial charge in [-0.25, -0.2) is 13.9 Å². The summed E-state index contributed by atoms with van der Waals surface area (Å²) in [4.78, 5) is 22.3. The van der Waals surface area contributed by atoms with Crippen molar-refractivity contribution in [1.29, 1.82) is 0 Å². The van der Waals surface area contributed by atoms with E-state index in [1.54, 1.807) is 4.90 Å². The summed E-state index contributed by atoms with van der Waals surface area (Å²) in [5.74, 6) is 1.65. The normalized spacial score (nSPS) is 29.4. The summed E-state index contributed by atoms with van der Waals surface area (Å²) in [6.45, 7) is 2.61. The van der Waals surface area contributed by atoms with E-state index in [0.29, 0.717) is 23.2 Å². The number of halogens is 4. The molecule has 8 rings (SSSR count). The van der Waals surface area contributed by atoms with E-state index in [-0.39, 0.29) is 28.4 Å². The molecule has 3 aromatic rings. The Morgan fingerprint density at radius 3 is 2.11 bits per heavy atom. The molecule has 4 bridgehead atoms. The van der Waals surface area contributed by atoms with Gasteiger partial charge in [-0.2, -0.15) is 18.3 Å². The van der Waals surface area contributed by atoms with E-state index in [1.165, 1.54) is 69.0 Å². The molecule has 1 aromatic carbocycles. The van der Waals surface area contributed by atoms with Crippen LogP contribution >= 0.6 is 0 Å². The lowest BCUT2D eigenvalue weighted by Crippen LogP contribution is -2.64. The summed E-state index contributed by atoms with van der Waals surface area (Å²) in [6.07, 6.45) is 4.37. The monoisotopic (exact) mass is 527 g/mol. The molecule has 3 heterocycles. The van der Waals surface area contributed by atoms with E-state index < -0.39 is 17.7 Å². The van der Waals surface area contributed by atoms with E-state index >= 15 is 0 Å². The van der Waals surface area contributed by atoms with Gasteiger partial charge < -0.3 is 4.90 Å². The number of rotatable bonds is 3. The third-order valence-electron chi connectivity index (χ3n) is 9.38. The van der Waals surface area contributed by atoms with E-state index in [1.807, 2.05) is 0 Å². The van der Waals surface area contributed by atoms with Crippen LogP contribution in [0.25, 0.3) is 16.9 Å². The maximum Gasteiger partial charge on any atom is 0.433 e. The first kappa shape index (κ1) is 24.1. The third kappa shape index (κ3) is 3.90. The van der Waals surface area contributed by atoms with E-state index in [9.17, 15) is 22.4 Å². The molecule has 200 valence electrons. The molecule has 10 heteroatoms. The van der Waals surface area contributed by atoms with Crippen LogP contribution in [0.5, 0.6) is 0 Å². The largest absolute Gasteiger partial charge is 0.433 e. The fourth-order valence-corrected chi connectivity index (χ4v) is 8.09. The van der Waals surface area contributed by atoms with Crippen molar-refractivity contribution in [3.8, 4) is 11.3 Å². The molecule has 38 heavy (non-hydrogen) atoms. The molecule has 1 amide bonds. The molecule has 5 fully saturated rings. The van der Waals surface area contributed by atoms with Gasteiger partial charge in [0.1, 0.15) is 11.4 Å². The van der Waals surface area contributed by atoms with Crippen molar-refractivity contribution >= 4 is 11.6 Å². The van der Waals surface area contributed by atoms with Crippen molar-refractivity contribution in [3.63, 3.8) is 0 Å². The van der Waals surface area contributed by atoms with Gasteiger partial charge in [0.2, 0.25) is 0 Å². The number of benzene rings is 1. The zero-order valence-corrected chi connectivity index (χ0v) is 20.9. The summed E-state index contributed by atoms with van der Waals surface area (Å²) >= 11 is 0. The van der Waals surface area contributed by atoms with Crippen LogP contribution in [0.4, 0.5) is 17.6 Å².